The second-order valence-corrected chi connectivity index (χ2v) is 7.44. The van der Waals surface area contributed by atoms with Crippen molar-refractivity contribution in [1.82, 2.24) is 10.6 Å². The highest BCUT2D eigenvalue weighted by Gasteiger charge is 2.17. The third-order valence-corrected chi connectivity index (χ3v) is 4.86. The average Bonchev–Trinajstić information content (AvgIpc) is 2.70. The zero-order chi connectivity index (χ0) is 20.6. The molecule has 1 atom stereocenters. The smallest absolute Gasteiger partial charge is 0.312 e. The van der Waals surface area contributed by atoms with Gasteiger partial charge >= 0.3 is 6.03 Å². The monoisotopic (exact) mass is 455 g/mol. The maximum absolute atomic E-state index is 12.3. The number of halogens is 1. The first-order chi connectivity index (χ1) is 14.0. The lowest BCUT2D eigenvalue weighted by molar-refractivity contribution is -0.121. The maximum atomic E-state index is 12.3. The lowest BCUT2D eigenvalue weighted by atomic mass is 10.0. The first-order valence-corrected chi connectivity index (χ1v) is 10.0. The quantitative estimate of drug-likeness (QED) is 0.449. The third kappa shape index (κ3) is 6.22. The van der Waals surface area contributed by atoms with Crippen molar-refractivity contribution in [3.63, 3.8) is 0 Å². The van der Waals surface area contributed by atoms with Crippen LogP contribution in [0.3, 0.4) is 0 Å². The molecule has 6 nitrogen and oxygen atoms in total. The predicted octanol–water partition coefficient (Wildman–Crippen LogP) is 3.90. The van der Waals surface area contributed by atoms with Crippen molar-refractivity contribution in [3.05, 3.63) is 76.8 Å². The second-order valence-electron chi connectivity index (χ2n) is 6.53. The van der Waals surface area contributed by atoms with Crippen LogP contribution in [0.15, 0.2) is 71.2 Å². The second kappa shape index (κ2) is 9.93. The Hall–Kier alpha value is -3.06. The lowest BCUT2D eigenvalue weighted by Gasteiger charge is -2.18. The molecule has 0 unspecified atom stereocenters. The summed E-state index contributed by atoms with van der Waals surface area (Å²) in [5.41, 5.74) is 6.05. The SMILES string of the molecule is NC(=O)N[C@H](CC(=O)NCCOc1ccc2ccccc2c1)c1cccc(Br)c1. The topological polar surface area (TPSA) is 93.5 Å². The number of carbonyl (C=O) groups excluding carboxylic acids is 2. The van der Waals surface area contributed by atoms with E-state index in [1.54, 1.807) is 0 Å². The summed E-state index contributed by atoms with van der Waals surface area (Å²) >= 11 is 3.39. The van der Waals surface area contributed by atoms with Crippen LogP contribution in [0.2, 0.25) is 0 Å². The molecule has 0 heterocycles. The van der Waals surface area contributed by atoms with E-state index in [4.69, 9.17) is 10.5 Å². The fraction of sp³-hybridized carbons (Fsp3) is 0.182. The van der Waals surface area contributed by atoms with Crippen LogP contribution < -0.4 is 21.1 Å². The van der Waals surface area contributed by atoms with E-state index in [9.17, 15) is 9.59 Å². The van der Waals surface area contributed by atoms with E-state index in [-0.39, 0.29) is 12.3 Å². The summed E-state index contributed by atoms with van der Waals surface area (Å²) < 4.78 is 6.58. The Morgan fingerprint density at radius 3 is 2.55 bits per heavy atom. The van der Waals surface area contributed by atoms with Crippen LogP contribution in [0.25, 0.3) is 10.8 Å². The van der Waals surface area contributed by atoms with Crippen molar-refractivity contribution in [2.45, 2.75) is 12.5 Å². The van der Waals surface area contributed by atoms with Crippen molar-refractivity contribution < 1.29 is 14.3 Å². The summed E-state index contributed by atoms with van der Waals surface area (Å²) in [4.78, 5) is 23.6. The molecule has 0 saturated carbocycles. The highest BCUT2D eigenvalue weighted by atomic mass is 79.9. The van der Waals surface area contributed by atoms with Gasteiger partial charge in [-0.1, -0.05) is 58.4 Å². The molecule has 3 aromatic rings. The van der Waals surface area contributed by atoms with Crippen LogP contribution in [0.4, 0.5) is 4.79 Å². The van der Waals surface area contributed by atoms with Gasteiger partial charge in [0.05, 0.1) is 19.0 Å². The van der Waals surface area contributed by atoms with Gasteiger partial charge in [0.1, 0.15) is 12.4 Å². The van der Waals surface area contributed by atoms with Crippen molar-refractivity contribution >= 4 is 38.6 Å². The number of urea groups is 1. The number of ether oxygens (including phenoxy) is 1. The molecular weight excluding hydrogens is 434 g/mol. The van der Waals surface area contributed by atoms with Gasteiger partial charge in [0, 0.05) is 4.47 Å². The Morgan fingerprint density at radius 2 is 1.79 bits per heavy atom. The van der Waals surface area contributed by atoms with E-state index in [0.29, 0.717) is 13.2 Å². The summed E-state index contributed by atoms with van der Waals surface area (Å²) in [6.45, 7) is 0.697. The van der Waals surface area contributed by atoms with Crippen molar-refractivity contribution in [3.8, 4) is 5.75 Å². The van der Waals surface area contributed by atoms with Crippen LogP contribution in [0, 0.1) is 0 Å². The van der Waals surface area contributed by atoms with Gasteiger partial charge in [-0.25, -0.2) is 4.79 Å². The van der Waals surface area contributed by atoms with Gasteiger partial charge in [-0.3, -0.25) is 4.79 Å². The van der Waals surface area contributed by atoms with Crippen LogP contribution in [0.1, 0.15) is 18.0 Å². The van der Waals surface area contributed by atoms with Crippen LogP contribution in [-0.4, -0.2) is 25.1 Å². The first kappa shape index (κ1) is 20.7. The Kier molecular flexibility index (Phi) is 7.08. The van der Waals surface area contributed by atoms with Crippen molar-refractivity contribution in [1.29, 1.82) is 0 Å². The van der Waals surface area contributed by atoms with Gasteiger partial charge in [0.25, 0.3) is 0 Å². The Balaban J connectivity index is 1.50. The van der Waals surface area contributed by atoms with Gasteiger partial charge < -0.3 is 21.1 Å². The number of nitrogens with one attached hydrogen (secondary N) is 2. The molecule has 150 valence electrons. The Bertz CT molecular complexity index is 1010. The molecule has 3 amide bonds. The number of amides is 3. The van der Waals surface area contributed by atoms with Gasteiger partial charge in [-0.2, -0.15) is 0 Å². The largest absolute Gasteiger partial charge is 0.492 e. The number of fused-ring (bicyclic) bond motifs is 1. The summed E-state index contributed by atoms with van der Waals surface area (Å²) in [6, 6.07) is 20.1. The highest BCUT2D eigenvalue weighted by Crippen LogP contribution is 2.21. The highest BCUT2D eigenvalue weighted by molar-refractivity contribution is 9.10. The number of rotatable bonds is 8. The first-order valence-electron chi connectivity index (χ1n) is 9.21. The summed E-state index contributed by atoms with van der Waals surface area (Å²) in [5, 5.41) is 7.67. The molecular formula is C22H22BrN3O3. The molecule has 3 aromatic carbocycles. The molecule has 4 N–H and O–H groups in total. The molecule has 3 rings (SSSR count). The van der Waals surface area contributed by atoms with Gasteiger partial charge in [0.2, 0.25) is 5.91 Å². The standard InChI is InChI=1S/C22H22BrN3O3/c23-18-7-3-6-17(12-18)20(26-22(24)28)14-21(27)25-10-11-29-19-9-8-15-4-1-2-5-16(15)13-19/h1-9,12-13,20H,10-11,14H2,(H,25,27)(H3,24,26,28)/t20-/m1/s1. The van der Waals surface area contributed by atoms with E-state index in [2.05, 4.69) is 26.6 Å². The minimum atomic E-state index is -0.678. The van der Waals surface area contributed by atoms with E-state index in [1.165, 1.54) is 0 Å². The van der Waals surface area contributed by atoms with Gasteiger partial charge in [0.15, 0.2) is 0 Å². The van der Waals surface area contributed by atoms with Crippen LogP contribution >= 0.6 is 15.9 Å². The molecule has 0 bridgehead atoms. The molecule has 0 aliphatic carbocycles. The number of hydrogen-bond acceptors (Lipinski definition) is 3. The van der Waals surface area contributed by atoms with Gasteiger partial charge in [-0.15, -0.1) is 0 Å². The summed E-state index contributed by atoms with van der Waals surface area (Å²) in [6.07, 6.45) is 0.0787. The van der Waals surface area contributed by atoms with Crippen LogP contribution in [-0.2, 0) is 4.79 Å². The summed E-state index contributed by atoms with van der Waals surface area (Å²) in [5.74, 6) is 0.547. The fourth-order valence-corrected chi connectivity index (χ4v) is 3.44. The van der Waals surface area contributed by atoms with Gasteiger partial charge in [-0.05, 0) is 40.6 Å². The minimum Gasteiger partial charge on any atom is -0.492 e. The zero-order valence-electron chi connectivity index (χ0n) is 15.7. The molecule has 0 fully saturated rings. The zero-order valence-corrected chi connectivity index (χ0v) is 17.3. The third-order valence-electron chi connectivity index (χ3n) is 4.37. The van der Waals surface area contributed by atoms with E-state index in [0.717, 1.165) is 26.6 Å². The number of primary amides is 1. The molecule has 0 saturated heterocycles. The number of hydrogen-bond donors (Lipinski definition) is 3. The maximum Gasteiger partial charge on any atom is 0.312 e. The van der Waals surface area contributed by atoms with E-state index < -0.39 is 12.1 Å². The Morgan fingerprint density at radius 1 is 1.00 bits per heavy atom. The van der Waals surface area contributed by atoms with Crippen molar-refractivity contribution in [2.24, 2.45) is 5.73 Å². The van der Waals surface area contributed by atoms with E-state index >= 15 is 0 Å². The molecule has 29 heavy (non-hydrogen) atoms. The molecule has 0 spiro atoms. The minimum absolute atomic E-state index is 0.0787. The summed E-state index contributed by atoms with van der Waals surface area (Å²) in [7, 11) is 0. The fourth-order valence-electron chi connectivity index (χ4n) is 3.02. The predicted molar refractivity (Wildman–Crippen MR) is 117 cm³/mol. The Labute approximate surface area is 177 Å². The van der Waals surface area contributed by atoms with Crippen LogP contribution in [0.5, 0.6) is 5.75 Å². The lowest BCUT2D eigenvalue weighted by Crippen LogP contribution is -2.37. The normalized spacial score (nSPS) is 11.6. The molecule has 0 aliphatic rings. The number of carbonyl (C=O) groups is 2. The molecule has 0 aliphatic heterocycles. The number of benzene rings is 3. The van der Waals surface area contributed by atoms with E-state index in [1.807, 2.05) is 66.7 Å². The number of nitrogens with two attached hydrogens (primary N) is 1. The van der Waals surface area contributed by atoms with Crippen molar-refractivity contribution in [2.75, 3.05) is 13.2 Å². The molecule has 0 aromatic heterocycles. The molecule has 0 radical (unpaired) electrons. The average molecular weight is 456 g/mol. The molecule has 7 heteroatoms.